The molecular formula is C100H132N14OS2. The maximum absolute atomic E-state index is 5.60. The number of rotatable bonds is 0. The average molecular weight is 1610 g/mol. The van der Waals surface area contributed by atoms with Crippen LogP contribution in [0.15, 0.2) is 4.42 Å². The van der Waals surface area contributed by atoms with Gasteiger partial charge in [-0.1, -0.05) is 0 Å². The van der Waals surface area contributed by atoms with E-state index in [2.05, 4.69) is 301 Å². The van der Waals surface area contributed by atoms with Crippen LogP contribution >= 0.6 is 22.7 Å². The summed E-state index contributed by atoms with van der Waals surface area (Å²) in [5.41, 5.74) is 57.8. The van der Waals surface area contributed by atoms with Crippen LogP contribution in [0.4, 0.5) is 0 Å². The number of nitrogens with zero attached hydrogens (tertiary/aromatic N) is 14. The number of oxazole rings is 1. The molecule has 0 unspecified atom stereocenters. The first-order chi connectivity index (χ1) is 54.4. The number of aryl methyl sites for hydroxylation is 29. The molecule has 0 amide bonds. The highest BCUT2D eigenvalue weighted by Gasteiger charge is 2.22. The molecule has 0 aliphatic rings. The molecule has 0 fully saturated rings. The monoisotopic (exact) mass is 1610 g/mol. The fourth-order valence-corrected chi connectivity index (χ4v) is 18.1. The molecule has 0 aliphatic carbocycles. The molecule has 0 saturated heterocycles. The number of fused-ring (bicyclic) bond motifs is 8. The highest BCUT2D eigenvalue weighted by Crippen LogP contribution is 2.38. The molecule has 0 radical (unpaired) electrons. The Hall–Kier alpha value is -9.84. The van der Waals surface area contributed by atoms with Crippen LogP contribution in [0.2, 0.25) is 0 Å². The van der Waals surface area contributed by atoms with E-state index in [0.717, 1.165) is 101 Å². The van der Waals surface area contributed by atoms with Crippen molar-refractivity contribution in [3.63, 3.8) is 0 Å². The third kappa shape index (κ3) is 16.8. The Morgan fingerprint density at radius 3 is 1.15 bits per heavy atom. The lowest BCUT2D eigenvalue weighted by Gasteiger charge is -2.17. The van der Waals surface area contributed by atoms with Gasteiger partial charge < -0.3 is 22.7 Å². The number of hydrogen-bond acceptors (Lipinski definition) is 13. The van der Waals surface area contributed by atoms with E-state index in [1.165, 1.54) is 209 Å². The van der Waals surface area contributed by atoms with Gasteiger partial charge in [-0.25, -0.2) is 44.9 Å². The quantitative estimate of drug-likeness (QED) is 0.142. The summed E-state index contributed by atoms with van der Waals surface area (Å²) in [6, 6.07) is 0. The Kier molecular flexibility index (Phi) is 27.2. The molecule has 0 atom stereocenters. The number of aromatic nitrogens is 14. The minimum atomic E-state index is 0.746. The Labute approximate surface area is 705 Å². The van der Waals surface area contributed by atoms with Gasteiger partial charge >= 0.3 is 0 Å². The molecule has 12 heterocycles. The van der Waals surface area contributed by atoms with Gasteiger partial charge in [0.25, 0.3) is 0 Å². The fourth-order valence-electron chi connectivity index (χ4n) is 16.1. The minimum Gasteiger partial charge on any atom is -0.441 e. The predicted molar refractivity (Wildman–Crippen MR) is 503 cm³/mol. The Bertz CT molecular complexity index is 6400. The van der Waals surface area contributed by atoms with E-state index in [1.54, 1.807) is 22.7 Å². The van der Waals surface area contributed by atoms with Crippen molar-refractivity contribution >= 4 is 110 Å². The summed E-state index contributed by atoms with van der Waals surface area (Å²) in [5.74, 6) is 2.78. The van der Waals surface area contributed by atoms with E-state index in [9.17, 15) is 0 Å². The van der Waals surface area contributed by atoms with Gasteiger partial charge in [0.1, 0.15) is 28.3 Å². The molecule has 15 nitrogen and oxygen atoms in total. The summed E-state index contributed by atoms with van der Waals surface area (Å²) in [5, 5.41) is 6.40. The van der Waals surface area contributed by atoms with Crippen LogP contribution in [0.3, 0.4) is 0 Å². The number of hydrogen-bond donors (Lipinski definition) is 0. The summed E-state index contributed by atoms with van der Waals surface area (Å²) in [6.45, 7) is 85.5. The van der Waals surface area contributed by atoms with E-state index in [4.69, 9.17) is 9.40 Å². The first-order valence-electron chi connectivity index (χ1n) is 41.0. The molecule has 16 aromatic rings. The second-order valence-corrected chi connectivity index (χ2v) is 35.8. The van der Waals surface area contributed by atoms with Crippen LogP contribution in [0.5, 0.6) is 0 Å². The molecule has 0 bridgehead atoms. The maximum atomic E-state index is 5.60. The largest absolute Gasteiger partial charge is 0.441 e. The van der Waals surface area contributed by atoms with Gasteiger partial charge in [-0.3, -0.25) is 4.98 Å². The highest BCUT2D eigenvalue weighted by molar-refractivity contribution is 7.19. The van der Waals surface area contributed by atoms with Gasteiger partial charge in [-0.15, -0.1) is 22.7 Å². The van der Waals surface area contributed by atoms with Crippen LogP contribution in [0, 0.1) is 277 Å². The summed E-state index contributed by atoms with van der Waals surface area (Å²) >= 11 is 3.53. The molecule has 620 valence electrons. The van der Waals surface area contributed by atoms with Crippen molar-refractivity contribution in [3.05, 3.63) is 223 Å². The lowest BCUT2D eigenvalue weighted by molar-refractivity contribution is 0.559. The second kappa shape index (κ2) is 35.0. The summed E-state index contributed by atoms with van der Waals surface area (Å²) in [6.07, 6.45) is 0. The Morgan fingerprint density at radius 2 is 0.581 bits per heavy atom. The van der Waals surface area contributed by atoms with Gasteiger partial charge in [-0.2, -0.15) is 0 Å². The SMILES string of the molecule is Cc1c(C)c(C)c2c(c1C)c(C)c(C)n2C.Cc1nc2c(C)c(C)c(C)c(C)c2c(C)c1C.Cc1nc2c(C)c(C)c(C)c(C)c2o1.Cc1nc2c(C)c(C)c(C)c(C)c2s1.Cc1nc2c(c(C)c1C)c(C)c(C)n2C.Cc1nc2c(nc(C)n2C)c(C)c1C.Cc1nc2nc(C)c(C)c(C)c2s1.Cc1nc2nc(C)n(C)c2c(C)c1C. The van der Waals surface area contributed by atoms with E-state index in [0.29, 0.717) is 0 Å². The van der Waals surface area contributed by atoms with Gasteiger partial charge in [0, 0.05) is 91.1 Å². The zero-order chi connectivity index (χ0) is 87.8. The zero-order valence-electron chi connectivity index (χ0n) is 79.5. The molecule has 0 spiro atoms. The zero-order valence-corrected chi connectivity index (χ0v) is 81.1. The number of pyridine rings is 5. The van der Waals surface area contributed by atoms with Crippen LogP contribution in [0.25, 0.3) is 86.8 Å². The molecule has 0 N–H and O–H groups in total. The summed E-state index contributed by atoms with van der Waals surface area (Å²) < 4.78 is 16.9. The fraction of sp³-hybridized carbons (Fsp3) is 0.440. The first-order valence-corrected chi connectivity index (χ1v) is 42.7. The van der Waals surface area contributed by atoms with Crippen LogP contribution in [0.1, 0.15) is 223 Å². The lowest BCUT2D eigenvalue weighted by atomic mass is 9.90. The van der Waals surface area contributed by atoms with Crippen LogP contribution < -0.4 is 0 Å². The minimum absolute atomic E-state index is 0.746. The molecular weight excluding hydrogens is 1480 g/mol. The van der Waals surface area contributed by atoms with Crippen molar-refractivity contribution in [2.24, 2.45) is 28.2 Å². The molecule has 0 aliphatic heterocycles. The molecule has 0 saturated carbocycles. The van der Waals surface area contributed by atoms with Gasteiger partial charge in [0.15, 0.2) is 28.4 Å². The average Bonchev–Trinajstić information content (AvgIpc) is 1.35. The Balaban J connectivity index is 0.000000153. The third-order valence-corrected chi connectivity index (χ3v) is 29.4. The maximum Gasteiger partial charge on any atom is 0.192 e. The summed E-state index contributed by atoms with van der Waals surface area (Å²) in [7, 11) is 8.30. The highest BCUT2D eigenvalue weighted by atomic mass is 32.1. The lowest BCUT2D eigenvalue weighted by Crippen LogP contribution is -2.01. The molecule has 4 aromatic carbocycles. The molecule has 117 heavy (non-hydrogen) atoms. The van der Waals surface area contributed by atoms with E-state index in [-0.39, 0.29) is 0 Å². The normalized spacial score (nSPS) is 11.2. The van der Waals surface area contributed by atoms with E-state index >= 15 is 0 Å². The van der Waals surface area contributed by atoms with Crippen molar-refractivity contribution in [1.82, 2.24) is 68.1 Å². The third-order valence-electron chi connectivity index (χ3n) is 27.3. The number of imidazole rings is 2. The van der Waals surface area contributed by atoms with E-state index in [1.807, 2.05) is 67.1 Å². The number of benzene rings is 4. The smallest absolute Gasteiger partial charge is 0.192 e. The van der Waals surface area contributed by atoms with Crippen molar-refractivity contribution in [2.75, 3.05) is 0 Å². The van der Waals surface area contributed by atoms with Crippen molar-refractivity contribution in [1.29, 1.82) is 0 Å². The van der Waals surface area contributed by atoms with Crippen molar-refractivity contribution in [3.8, 4) is 0 Å². The van der Waals surface area contributed by atoms with Gasteiger partial charge in [0.05, 0.1) is 41.5 Å². The van der Waals surface area contributed by atoms with E-state index < -0.39 is 0 Å². The standard InChI is InChI=1S/C16H21N.C15H21N.C13H18N2.C12H15NO.C12H15NS.2C11H15N3.C10H12N2S/c1-8-9(2)13(6)16-15(11(8)4)12(5)10(3)14(7)17-16;1-8-9(2)11(4)15-14(10(8)3)12(5)13(6)16(15)7;1-7-8(2)12-9(3)11(5)15(6)13(12)14-10(7)4;2*1-6-7(2)9(4)12-11(8(6)3)13-10(5)14-12;1-6-7(2)10-11(12-8(6)3)13-9(4)14(10)5;1-6-7(2)10-11(12-8(6)3)14(5)9(4)13-10;1-5-6(2)9-10(11-7(5)3)12-8(4)13-9/h1-7H3;1-7H3;1-6H3;4*1-5H3;1-4H3. The number of thiazole rings is 2. The van der Waals surface area contributed by atoms with Crippen LogP contribution in [-0.2, 0) is 28.2 Å². The Morgan fingerprint density at radius 1 is 0.214 bits per heavy atom. The molecule has 16 rings (SSSR count). The van der Waals surface area contributed by atoms with Gasteiger partial charge in [-0.05, 0) is 426 Å². The van der Waals surface area contributed by atoms with Gasteiger partial charge in [0.2, 0.25) is 0 Å². The van der Waals surface area contributed by atoms with Crippen molar-refractivity contribution in [2.45, 2.75) is 277 Å². The molecule has 17 heteroatoms. The first kappa shape index (κ1) is 91.1. The molecule has 12 aromatic heterocycles. The van der Waals surface area contributed by atoms with Crippen molar-refractivity contribution < 1.29 is 4.42 Å². The predicted octanol–water partition coefficient (Wildman–Crippen LogP) is 26.1. The second-order valence-electron chi connectivity index (χ2n) is 33.4. The topological polar surface area (TPSA) is 162 Å². The van der Waals surface area contributed by atoms with Crippen LogP contribution in [-0.4, -0.2) is 68.1 Å². The summed E-state index contributed by atoms with van der Waals surface area (Å²) in [4.78, 5) is 45.3.